The zero-order chi connectivity index (χ0) is 7.40. The molecule has 1 aliphatic heterocycles. The van der Waals surface area contributed by atoms with Crippen molar-refractivity contribution in [3.63, 3.8) is 0 Å². The zero-order valence-electron chi connectivity index (χ0n) is 6.09. The number of rotatable bonds is 3. The molecular formula is C6H12N4. The number of amidine groups is 1. The molecule has 2 N–H and O–H groups in total. The third kappa shape index (κ3) is 1.27. The van der Waals surface area contributed by atoms with Gasteiger partial charge in [0.2, 0.25) is 0 Å². The maximum absolute atomic E-state index is 3.99. The Bertz CT molecular complexity index is 152. The molecule has 0 aliphatic carbocycles. The Balaban J connectivity index is 2.47. The minimum absolute atomic E-state index is 0.799. The number of hydrazine groups is 2. The number of nitrogens with one attached hydrogen (secondary N) is 2. The lowest BCUT2D eigenvalue weighted by Gasteiger charge is -2.14. The molecule has 0 saturated heterocycles. The van der Waals surface area contributed by atoms with E-state index in [0.29, 0.717) is 0 Å². The summed E-state index contributed by atoms with van der Waals surface area (Å²) in [5.41, 5.74) is 5.55. The van der Waals surface area contributed by atoms with Crippen molar-refractivity contribution in [1.82, 2.24) is 16.1 Å². The predicted octanol–water partition coefficient (Wildman–Crippen LogP) is 0.221. The summed E-state index contributed by atoms with van der Waals surface area (Å²) in [6.45, 7) is 6.59. The molecule has 1 rings (SSSR count). The summed E-state index contributed by atoms with van der Waals surface area (Å²) in [5.74, 6) is 0.984. The van der Waals surface area contributed by atoms with Crippen LogP contribution in [0.5, 0.6) is 0 Å². The van der Waals surface area contributed by atoms with Gasteiger partial charge in [-0.3, -0.25) is 5.01 Å². The van der Waals surface area contributed by atoms with Crippen molar-refractivity contribution >= 4 is 5.84 Å². The van der Waals surface area contributed by atoms with Crippen LogP contribution in [0.25, 0.3) is 0 Å². The molecule has 1 aliphatic rings. The van der Waals surface area contributed by atoms with Crippen LogP contribution in [0.1, 0.15) is 13.3 Å². The molecule has 1 heterocycles. The van der Waals surface area contributed by atoms with Crippen LogP contribution in [0.2, 0.25) is 0 Å². The molecule has 0 bridgehead atoms. The highest BCUT2D eigenvalue weighted by atomic mass is 15.8. The van der Waals surface area contributed by atoms with Gasteiger partial charge in [-0.2, -0.15) is 0 Å². The molecule has 56 valence electrons. The highest BCUT2D eigenvalue weighted by Crippen LogP contribution is 1.96. The Labute approximate surface area is 60.5 Å². The fraction of sp³-hybridized carbons (Fsp3) is 0.500. The van der Waals surface area contributed by atoms with E-state index >= 15 is 0 Å². The van der Waals surface area contributed by atoms with E-state index < -0.39 is 0 Å². The van der Waals surface area contributed by atoms with Gasteiger partial charge in [0.05, 0.1) is 0 Å². The molecule has 4 nitrogen and oxygen atoms in total. The summed E-state index contributed by atoms with van der Waals surface area (Å²) < 4.78 is 0. The first-order valence-electron chi connectivity index (χ1n) is 3.34. The highest BCUT2D eigenvalue weighted by Gasteiger charge is 2.11. The zero-order valence-corrected chi connectivity index (χ0v) is 6.09. The Morgan fingerprint density at radius 2 is 2.60 bits per heavy atom. The number of hydrazone groups is 1. The van der Waals surface area contributed by atoms with Gasteiger partial charge in [-0.1, -0.05) is 6.08 Å². The number of hydrogen-bond donors (Lipinski definition) is 2. The van der Waals surface area contributed by atoms with E-state index in [1.807, 2.05) is 11.1 Å². The van der Waals surface area contributed by atoms with E-state index in [1.165, 1.54) is 0 Å². The van der Waals surface area contributed by atoms with Gasteiger partial charge < -0.3 is 0 Å². The molecule has 10 heavy (non-hydrogen) atoms. The molecule has 0 aromatic carbocycles. The van der Waals surface area contributed by atoms with Crippen molar-refractivity contribution in [1.29, 1.82) is 0 Å². The van der Waals surface area contributed by atoms with Crippen LogP contribution in [0.15, 0.2) is 17.8 Å². The third-order valence-electron chi connectivity index (χ3n) is 1.32. The monoisotopic (exact) mass is 140 g/mol. The van der Waals surface area contributed by atoms with Crippen molar-refractivity contribution in [3.8, 4) is 0 Å². The van der Waals surface area contributed by atoms with Crippen molar-refractivity contribution in [2.24, 2.45) is 5.10 Å². The quantitative estimate of drug-likeness (QED) is 0.551. The predicted molar refractivity (Wildman–Crippen MR) is 40.9 cm³/mol. The minimum atomic E-state index is 0.799. The molecule has 0 aromatic rings. The summed E-state index contributed by atoms with van der Waals surface area (Å²) in [6, 6.07) is 0. The lowest BCUT2D eigenvalue weighted by Crippen LogP contribution is -2.40. The maximum Gasteiger partial charge on any atom is 0.145 e. The van der Waals surface area contributed by atoms with Crippen molar-refractivity contribution in [2.75, 3.05) is 6.54 Å². The molecule has 0 amide bonds. The van der Waals surface area contributed by atoms with E-state index in [1.54, 1.807) is 0 Å². The van der Waals surface area contributed by atoms with Crippen LogP contribution in [-0.2, 0) is 0 Å². The molecule has 0 saturated carbocycles. The van der Waals surface area contributed by atoms with Crippen LogP contribution in [0, 0.1) is 0 Å². The molecule has 0 spiro atoms. The normalized spacial score (nSPS) is 16.5. The molecule has 0 aromatic heterocycles. The van der Waals surface area contributed by atoms with Gasteiger partial charge in [-0.15, -0.1) is 17.2 Å². The van der Waals surface area contributed by atoms with Gasteiger partial charge in [0.15, 0.2) is 0 Å². The molecule has 0 fully saturated rings. The highest BCUT2D eigenvalue weighted by molar-refractivity contribution is 5.83. The van der Waals surface area contributed by atoms with Crippen LogP contribution < -0.4 is 11.1 Å². The van der Waals surface area contributed by atoms with Gasteiger partial charge in [0, 0.05) is 13.0 Å². The van der Waals surface area contributed by atoms with E-state index in [-0.39, 0.29) is 0 Å². The lowest BCUT2D eigenvalue weighted by molar-refractivity contribution is 0.305. The summed E-state index contributed by atoms with van der Waals surface area (Å²) in [7, 11) is 0. The minimum Gasteiger partial charge on any atom is -0.275 e. The smallest absolute Gasteiger partial charge is 0.145 e. The second-order valence-corrected chi connectivity index (χ2v) is 1.99. The van der Waals surface area contributed by atoms with Crippen molar-refractivity contribution in [3.05, 3.63) is 12.7 Å². The van der Waals surface area contributed by atoms with Gasteiger partial charge >= 0.3 is 0 Å². The Morgan fingerprint density at radius 1 is 1.80 bits per heavy atom. The number of nitrogens with zero attached hydrogens (tertiary/aromatic N) is 2. The van der Waals surface area contributed by atoms with Crippen molar-refractivity contribution in [2.45, 2.75) is 13.3 Å². The third-order valence-corrected chi connectivity index (χ3v) is 1.32. The molecular weight excluding hydrogens is 128 g/mol. The van der Waals surface area contributed by atoms with Gasteiger partial charge in [0.1, 0.15) is 5.84 Å². The largest absolute Gasteiger partial charge is 0.275 e. The Kier molecular flexibility index (Phi) is 2.28. The van der Waals surface area contributed by atoms with E-state index in [4.69, 9.17) is 0 Å². The van der Waals surface area contributed by atoms with Gasteiger partial charge in [-0.05, 0) is 6.92 Å². The van der Waals surface area contributed by atoms with Crippen LogP contribution >= 0.6 is 0 Å². The van der Waals surface area contributed by atoms with E-state index in [2.05, 4.69) is 29.7 Å². The molecule has 4 heteroatoms. The second-order valence-electron chi connectivity index (χ2n) is 1.99. The Morgan fingerprint density at radius 3 is 3.20 bits per heavy atom. The fourth-order valence-electron chi connectivity index (χ4n) is 0.821. The van der Waals surface area contributed by atoms with E-state index in [0.717, 1.165) is 18.8 Å². The summed E-state index contributed by atoms with van der Waals surface area (Å²) in [4.78, 5) is 0. The lowest BCUT2D eigenvalue weighted by atomic mass is 10.4. The molecule has 0 radical (unpaired) electrons. The van der Waals surface area contributed by atoms with E-state index in [9.17, 15) is 0 Å². The van der Waals surface area contributed by atoms with Crippen LogP contribution in [0.4, 0.5) is 0 Å². The summed E-state index contributed by atoms with van der Waals surface area (Å²) in [6.07, 6.45) is 2.63. The van der Waals surface area contributed by atoms with Crippen LogP contribution in [0.3, 0.4) is 0 Å². The Hall–Kier alpha value is -1.03. The molecule has 0 unspecified atom stereocenters. The SMILES string of the molecule is C=CCC1=NNNN1CC. The molecule has 0 atom stereocenters. The standard InChI is InChI=1S/C6H12N4/c1-3-5-6-7-8-9-10(6)4-2/h3,8-9H,1,4-5H2,2H3. The average molecular weight is 140 g/mol. The van der Waals surface area contributed by atoms with Gasteiger partial charge in [-0.25, -0.2) is 5.53 Å². The first-order valence-corrected chi connectivity index (χ1v) is 3.34. The fourth-order valence-corrected chi connectivity index (χ4v) is 0.821. The average Bonchev–Trinajstić information content (AvgIpc) is 2.36. The first-order chi connectivity index (χ1) is 4.88. The second kappa shape index (κ2) is 3.22. The number of hydrogen-bond acceptors (Lipinski definition) is 4. The summed E-state index contributed by atoms with van der Waals surface area (Å²) >= 11 is 0. The topological polar surface area (TPSA) is 39.7 Å². The summed E-state index contributed by atoms with van der Waals surface area (Å²) in [5, 5.41) is 5.92. The van der Waals surface area contributed by atoms with Gasteiger partial charge in [0.25, 0.3) is 0 Å². The van der Waals surface area contributed by atoms with Crippen molar-refractivity contribution < 1.29 is 0 Å². The van der Waals surface area contributed by atoms with Crippen LogP contribution in [-0.4, -0.2) is 17.4 Å². The first kappa shape index (κ1) is 7.08. The maximum atomic E-state index is 3.99.